The van der Waals surface area contributed by atoms with Crippen LogP contribution in [-0.4, -0.2) is 30.1 Å². The van der Waals surface area contributed by atoms with Crippen LogP contribution in [0.25, 0.3) is 0 Å². The summed E-state index contributed by atoms with van der Waals surface area (Å²) in [5, 5.41) is 2.71. The van der Waals surface area contributed by atoms with E-state index < -0.39 is 11.7 Å². The first-order valence-electron chi connectivity index (χ1n) is 6.50. The predicted octanol–water partition coefficient (Wildman–Crippen LogP) is 1.14. The fraction of sp³-hybridized carbons (Fsp3) is 0.846. The zero-order valence-electron chi connectivity index (χ0n) is 12.5. The minimum Gasteiger partial charge on any atom is -0.460 e. The van der Waals surface area contributed by atoms with Gasteiger partial charge in [0.25, 0.3) is 5.91 Å². The molecular weight excluding hydrogens is 248 g/mol. The maximum Gasteiger partial charge on any atom is 0.306 e. The summed E-state index contributed by atoms with van der Waals surface area (Å²) >= 11 is 0. The Labute approximate surface area is 115 Å². The molecule has 0 rings (SSSR count). The summed E-state index contributed by atoms with van der Waals surface area (Å²) in [5.74, 6) is 4.75. The second kappa shape index (κ2) is 8.12. The van der Waals surface area contributed by atoms with Crippen LogP contribution in [0.2, 0.25) is 0 Å². The fourth-order valence-electron chi connectivity index (χ4n) is 1.32. The van der Waals surface area contributed by atoms with Crippen molar-refractivity contribution >= 4 is 11.9 Å². The van der Waals surface area contributed by atoms with Crippen molar-refractivity contribution in [2.75, 3.05) is 6.54 Å². The molecule has 0 saturated carbocycles. The highest BCUT2D eigenvalue weighted by molar-refractivity contribution is 5.81. The Morgan fingerprint density at radius 3 is 2.26 bits per heavy atom. The third-order valence-corrected chi connectivity index (χ3v) is 2.17. The topological polar surface area (TPSA) is 90.7 Å². The Bertz CT molecular complexity index is 298. The number of rotatable bonds is 7. The molecule has 0 spiro atoms. The number of esters is 1. The van der Waals surface area contributed by atoms with Gasteiger partial charge in [0.15, 0.2) is 6.10 Å². The second-order valence-electron chi connectivity index (χ2n) is 5.89. The number of carbonyl (C=O) groups is 2. The summed E-state index contributed by atoms with van der Waals surface area (Å²) < 4.78 is 5.14. The number of hydrogen-bond acceptors (Lipinski definition) is 5. The quantitative estimate of drug-likeness (QED) is 0.536. The third kappa shape index (κ3) is 9.44. The molecule has 0 heterocycles. The highest BCUT2D eigenvalue weighted by Gasteiger charge is 2.22. The smallest absolute Gasteiger partial charge is 0.306 e. The number of hydrogen-bond donors (Lipinski definition) is 2. The summed E-state index contributed by atoms with van der Waals surface area (Å²) in [5.41, 5.74) is -0.532. The summed E-state index contributed by atoms with van der Waals surface area (Å²) in [6, 6.07) is 0. The standard InChI is InChI=1S/C13H26N2O4/c1-9(2)8-15-12(17)10(19-14)6-7-11(16)18-13(3,4)5/h9-10H,6-8,14H2,1-5H3,(H,15,17)/t10-/m1/s1. The molecular formula is C13H26N2O4. The van der Waals surface area contributed by atoms with Gasteiger partial charge >= 0.3 is 5.97 Å². The van der Waals surface area contributed by atoms with Gasteiger partial charge in [0, 0.05) is 13.0 Å². The molecule has 0 aliphatic rings. The molecule has 0 saturated heterocycles. The average molecular weight is 274 g/mol. The van der Waals surface area contributed by atoms with E-state index in [2.05, 4.69) is 10.2 Å². The van der Waals surface area contributed by atoms with E-state index in [1.807, 2.05) is 13.8 Å². The van der Waals surface area contributed by atoms with Gasteiger partial charge in [-0.25, -0.2) is 5.90 Å². The van der Waals surface area contributed by atoms with Gasteiger partial charge < -0.3 is 10.1 Å². The number of nitrogens with two attached hydrogens (primary N) is 1. The van der Waals surface area contributed by atoms with Crippen LogP contribution in [0.4, 0.5) is 0 Å². The van der Waals surface area contributed by atoms with E-state index in [4.69, 9.17) is 10.6 Å². The van der Waals surface area contributed by atoms with Crippen molar-refractivity contribution in [2.45, 2.75) is 59.2 Å². The SMILES string of the molecule is CC(C)CNC(=O)[C@@H](CCC(=O)OC(C)(C)C)ON. The Hall–Kier alpha value is -1.14. The second-order valence-corrected chi connectivity index (χ2v) is 5.89. The summed E-state index contributed by atoms with van der Waals surface area (Å²) in [6.45, 7) is 9.88. The van der Waals surface area contributed by atoms with Gasteiger partial charge in [0.1, 0.15) is 5.60 Å². The van der Waals surface area contributed by atoms with Crippen molar-refractivity contribution in [3.05, 3.63) is 0 Å². The first-order valence-corrected chi connectivity index (χ1v) is 6.50. The van der Waals surface area contributed by atoms with Crippen LogP contribution in [-0.2, 0) is 19.2 Å². The average Bonchev–Trinajstić information content (AvgIpc) is 2.24. The number of amides is 1. The Morgan fingerprint density at radius 1 is 1.26 bits per heavy atom. The van der Waals surface area contributed by atoms with E-state index in [9.17, 15) is 9.59 Å². The highest BCUT2D eigenvalue weighted by Crippen LogP contribution is 2.10. The van der Waals surface area contributed by atoms with E-state index in [1.165, 1.54) is 0 Å². The first kappa shape index (κ1) is 17.9. The molecule has 6 heteroatoms. The summed E-state index contributed by atoms with van der Waals surface area (Å²) in [6.07, 6.45) is -0.532. The van der Waals surface area contributed by atoms with Crippen molar-refractivity contribution in [1.29, 1.82) is 0 Å². The minimum atomic E-state index is -0.828. The minimum absolute atomic E-state index is 0.0915. The van der Waals surface area contributed by atoms with Crippen LogP contribution in [0.3, 0.4) is 0 Å². The lowest BCUT2D eigenvalue weighted by atomic mass is 10.1. The molecule has 19 heavy (non-hydrogen) atoms. The summed E-state index contributed by atoms with van der Waals surface area (Å²) in [7, 11) is 0. The first-order chi connectivity index (χ1) is 8.65. The zero-order valence-corrected chi connectivity index (χ0v) is 12.5. The van der Waals surface area contributed by atoms with Crippen molar-refractivity contribution < 1.29 is 19.2 Å². The van der Waals surface area contributed by atoms with Crippen LogP contribution >= 0.6 is 0 Å². The molecule has 0 bridgehead atoms. The number of carbonyl (C=O) groups excluding carboxylic acids is 2. The predicted molar refractivity (Wildman–Crippen MR) is 72.0 cm³/mol. The van der Waals surface area contributed by atoms with E-state index in [1.54, 1.807) is 20.8 Å². The van der Waals surface area contributed by atoms with Crippen LogP contribution in [0.1, 0.15) is 47.5 Å². The molecule has 0 unspecified atom stereocenters. The molecule has 6 nitrogen and oxygen atoms in total. The van der Waals surface area contributed by atoms with Crippen LogP contribution < -0.4 is 11.2 Å². The van der Waals surface area contributed by atoms with E-state index in [-0.39, 0.29) is 24.7 Å². The van der Waals surface area contributed by atoms with Crippen molar-refractivity contribution in [2.24, 2.45) is 11.8 Å². The zero-order chi connectivity index (χ0) is 15.1. The summed E-state index contributed by atoms with van der Waals surface area (Å²) in [4.78, 5) is 27.8. The monoisotopic (exact) mass is 274 g/mol. The lowest BCUT2D eigenvalue weighted by Crippen LogP contribution is -2.40. The van der Waals surface area contributed by atoms with Crippen molar-refractivity contribution in [3.8, 4) is 0 Å². The molecule has 0 aliphatic heterocycles. The van der Waals surface area contributed by atoms with Gasteiger partial charge in [0.05, 0.1) is 0 Å². The van der Waals surface area contributed by atoms with E-state index >= 15 is 0 Å². The van der Waals surface area contributed by atoms with Crippen molar-refractivity contribution in [1.82, 2.24) is 5.32 Å². The van der Waals surface area contributed by atoms with Gasteiger partial charge in [-0.2, -0.15) is 0 Å². The maximum absolute atomic E-state index is 11.7. The molecule has 0 fully saturated rings. The van der Waals surface area contributed by atoms with Gasteiger partial charge in [-0.05, 0) is 33.1 Å². The van der Waals surface area contributed by atoms with E-state index in [0.29, 0.717) is 12.5 Å². The molecule has 0 aromatic rings. The molecule has 1 atom stereocenters. The molecule has 3 N–H and O–H groups in total. The largest absolute Gasteiger partial charge is 0.460 e. The van der Waals surface area contributed by atoms with Gasteiger partial charge in [-0.15, -0.1) is 0 Å². The Morgan fingerprint density at radius 2 is 1.84 bits per heavy atom. The molecule has 0 radical (unpaired) electrons. The lowest BCUT2D eigenvalue weighted by molar-refractivity contribution is -0.156. The van der Waals surface area contributed by atoms with Crippen LogP contribution in [0.5, 0.6) is 0 Å². The highest BCUT2D eigenvalue weighted by atomic mass is 16.6. The van der Waals surface area contributed by atoms with Crippen LogP contribution in [0, 0.1) is 5.92 Å². The molecule has 0 aromatic heterocycles. The Kier molecular flexibility index (Phi) is 7.63. The lowest BCUT2D eigenvalue weighted by Gasteiger charge is -2.20. The fourth-order valence-corrected chi connectivity index (χ4v) is 1.32. The van der Waals surface area contributed by atoms with Gasteiger partial charge in [-0.3, -0.25) is 14.4 Å². The van der Waals surface area contributed by atoms with Gasteiger partial charge in [0.2, 0.25) is 0 Å². The normalized spacial score (nSPS) is 13.2. The Balaban J connectivity index is 4.12. The number of ether oxygens (including phenoxy) is 1. The molecule has 112 valence electrons. The number of nitrogens with one attached hydrogen (secondary N) is 1. The third-order valence-electron chi connectivity index (χ3n) is 2.17. The molecule has 1 amide bonds. The van der Waals surface area contributed by atoms with E-state index in [0.717, 1.165) is 0 Å². The van der Waals surface area contributed by atoms with Crippen LogP contribution in [0.15, 0.2) is 0 Å². The van der Waals surface area contributed by atoms with Gasteiger partial charge in [-0.1, -0.05) is 13.8 Å². The molecule has 0 aliphatic carbocycles. The maximum atomic E-state index is 11.7. The molecule has 0 aromatic carbocycles. The van der Waals surface area contributed by atoms with Crippen molar-refractivity contribution in [3.63, 3.8) is 0 Å².